The lowest BCUT2D eigenvalue weighted by Crippen LogP contribution is -2.14. The zero-order valence-electron chi connectivity index (χ0n) is 17.0. The molecule has 0 spiro atoms. The fraction of sp³-hybridized carbons (Fsp3) is 0.440. The minimum atomic E-state index is -0.489. The van der Waals surface area contributed by atoms with Crippen molar-refractivity contribution < 1.29 is 14.3 Å². The highest BCUT2D eigenvalue weighted by Crippen LogP contribution is 2.16. The van der Waals surface area contributed by atoms with Crippen LogP contribution in [0.3, 0.4) is 0 Å². The second-order valence-corrected chi connectivity index (χ2v) is 7.23. The predicted molar refractivity (Wildman–Crippen MR) is 114 cm³/mol. The number of rotatable bonds is 14. The summed E-state index contributed by atoms with van der Waals surface area (Å²) < 4.78 is 5.75. The number of carbonyl (C=O) groups excluding carboxylic acids is 2. The second-order valence-electron chi connectivity index (χ2n) is 7.23. The molecule has 150 valence electrons. The number of ketones is 2. The number of hydrogen-bond donors (Lipinski definition) is 0. The summed E-state index contributed by atoms with van der Waals surface area (Å²) in [6.07, 6.45) is 11.6. The van der Waals surface area contributed by atoms with E-state index in [1.54, 1.807) is 48.5 Å². The average molecular weight is 381 g/mol. The van der Waals surface area contributed by atoms with E-state index in [0.717, 1.165) is 12.2 Å². The summed E-state index contributed by atoms with van der Waals surface area (Å²) in [5.74, 6) is -0.232. The van der Waals surface area contributed by atoms with E-state index in [-0.39, 0.29) is 0 Å². The van der Waals surface area contributed by atoms with Crippen LogP contribution < -0.4 is 4.74 Å². The van der Waals surface area contributed by atoms with E-state index >= 15 is 0 Å². The van der Waals surface area contributed by atoms with Crippen molar-refractivity contribution in [1.82, 2.24) is 0 Å². The largest absolute Gasteiger partial charge is 0.494 e. The molecule has 0 saturated heterocycles. The van der Waals surface area contributed by atoms with Gasteiger partial charge in [0.1, 0.15) is 5.75 Å². The van der Waals surface area contributed by atoms with E-state index in [2.05, 4.69) is 6.92 Å². The van der Waals surface area contributed by atoms with Crippen LogP contribution in [-0.2, 0) is 0 Å². The van der Waals surface area contributed by atoms with Gasteiger partial charge in [-0.2, -0.15) is 0 Å². The van der Waals surface area contributed by atoms with Crippen molar-refractivity contribution in [3.8, 4) is 5.75 Å². The minimum Gasteiger partial charge on any atom is -0.494 e. The number of hydrogen-bond acceptors (Lipinski definition) is 3. The first-order valence-electron chi connectivity index (χ1n) is 10.6. The summed E-state index contributed by atoms with van der Waals surface area (Å²) in [4.78, 5) is 24.5. The van der Waals surface area contributed by atoms with Crippen LogP contribution in [0.5, 0.6) is 5.75 Å². The second kappa shape index (κ2) is 12.9. The zero-order valence-corrected chi connectivity index (χ0v) is 17.0. The Bertz CT molecular complexity index is 704. The lowest BCUT2D eigenvalue weighted by atomic mass is 10.0. The monoisotopic (exact) mass is 380 g/mol. The molecule has 0 radical (unpaired) electrons. The van der Waals surface area contributed by atoms with Crippen LogP contribution in [0.25, 0.3) is 0 Å². The molecule has 0 bridgehead atoms. The van der Waals surface area contributed by atoms with Crippen molar-refractivity contribution in [3.63, 3.8) is 0 Å². The Morgan fingerprint density at radius 3 is 1.71 bits per heavy atom. The SMILES string of the molecule is CCCCCCCCCCCOc1ccc(C(=O)C(=O)c2ccccc2)cc1. The maximum Gasteiger partial charge on any atom is 0.233 e. The molecule has 0 saturated carbocycles. The van der Waals surface area contributed by atoms with Crippen LogP contribution >= 0.6 is 0 Å². The van der Waals surface area contributed by atoms with Crippen molar-refractivity contribution in [2.24, 2.45) is 0 Å². The van der Waals surface area contributed by atoms with Gasteiger partial charge in [0, 0.05) is 11.1 Å². The van der Waals surface area contributed by atoms with Crippen LogP contribution in [0.2, 0.25) is 0 Å². The summed E-state index contributed by atoms with van der Waals surface area (Å²) in [6.45, 7) is 2.93. The molecule has 2 rings (SSSR count). The number of unbranched alkanes of at least 4 members (excludes halogenated alkanes) is 8. The highest BCUT2D eigenvalue weighted by molar-refractivity contribution is 6.49. The smallest absolute Gasteiger partial charge is 0.233 e. The first-order chi connectivity index (χ1) is 13.7. The van der Waals surface area contributed by atoms with E-state index in [1.807, 2.05) is 6.07 Å². The maximum absolute atomic E-state index is 12.3. The summed E-state index contributed by atoms with van der Waals surface area (Å²) in [6, 6.07) is 15.5. The van der Waals surface area contributed by atoms with Gasteiger partial charge in [0.25, 0.3) is 0 Å². The zero-order chi connectivity index (χ0) is 20.0. The molecule has 0 unspecified atom stereocenters. The molecule has 2 aromatic rings. The van der Waals surface area contributed by atoms with Gasteiger partial charge in [0.05, 0.1) is 6.61 Å². The first-order valence-corrected chi connectivity index (χ1v) is 10.6. The van der Waals surface area contributed by atoms with Gasteiger partial charge in [-0.25, -0.2) is 0 Å². The Morgan fingerprint density at radius 1 is 0.643 bits per heavy atom. The van der Waals surface area contributed by atoms with Gasteiger partial charge in [-0.05, 0) is 30.7 Å². The van der Waals surface area contributed by atoms with E-state index in [4.69, 9.17) is 4.74 Å². The number of ether oxygens (including phenoxy) is 1. The van der Waals surface area contributed by atoms with Crippen LogP contribution in [0.1, 0.15) is 85.4 Å². The van der Waals surface area contributed by atoms with Gasteiger partial charge in [0.2, 0.25) is 11.6 Å². The third kappa shape index (κ3) is 7.67. The van der Waals surface area contributed by atoms with Crippen molar-refractivity contribution in [2.75, 3.05) is 6.61 Å². The topological polar surface area (TPSA) is 43.4 Å². The van der Waals surface area contributed by atoms with Gasteiger partial charge in [-0.3, -0.25) is 9.59 Å². The average Bonchev–Trinajstić information content (AvgIpc) is 2.75. The normalized spacial score (nSPS) is 10.6. The highest BCUT2D eigenvalue weighted by atomic mass is 16.5. The molecule has 3 nitrogen and oxygen atoms in total. The number of carbonyl (C=O) groups is 2. The maximum atomic E-state index is 12.3. The van der Waals surface area contributed by atoms with Gasteiger partial charge in [-0.15, -0.1) is 0 Å². The third-order valence-electron chi connectivity index (χ3n) is 4.88. The first kappa shape index (κ1) is 21.9. The fourth-order valence-electron chi connectivity index (χ4n) is 3.16. The molecule has 0 fully saturated rings. The highest BCUT2D eigenvalue weighted by Gasteiger charge is 2.17. The summed E-state index contributed by atoms with van der Waals surface area (Å²) >= 11 is 0. The molecule has 0 heterocycles. The molecule has 3 heteroatoms. The molecule has 28 heavy (non-hydrogen) atoms. The third-order valence-corrected chi connectivity index (χ3v) is 4.88. The number of Topliss-reactive ketones (excluding diaryl/α,β-unsaturated/α-hetero) is 2. The molecule has 0 aliphatic heterocycles. The minimum absolute atomic E-state index is 0.393. The Labute approximate surface area is 169 Å². The molecule has 0 amide bonds. The summed E-state index contributed by atoms with van der Waals surface area (Å²) in [5.41, 5.74) is 0.808. The van der Waals surface area contributed by atoms with E-state index < -0.39 is 11.6 Å². The molecule has 0 aromatic heterocycles. The lowest BCUT2D eigenvalue weighted by molar-refractivity contribution is 0.0817. The van der Waals surface area contributed by atoms with Gasteiger partial charge in [0.15, 0.2) is 0 Å². The van der Waals surface area contributed by atoms with Crippen molar-refractivity contribution in [3.05, 3.63) is 65.7 Å². The van der Waals surface area contributed by atoms with Crippen molar-refractivity contribution >= 4 is 11.6 Å². The van der Waals surface area contributed by atoms with Crippen LogP contribution in [0.15, 0.2) is 54.6 Å². The summed E-state index contributed by atoms with van der Waals surface area (Å²) in [5, 5.41) is 0. The Kier molecular flexibility index (Phi) is 10.1. The Morgan fingerprint density at radius 2 is 1.14 bits per heavy atom. The van der Waals surface area contributed by atoms with Gasteiger partial charge < -0.3 is 4.74 Å². The predicted octanol–water partition coefficient (Wildman–Crippen LogP) is 6.66. The van der Waals surface area contributed by atoms with E-state index in [9.17, 15) is 9.59 Å². The molecule has 2 aromatic carbocycles. The summed E-state index contributed by atoms with van der Waals surface area (Å²) in [7, 11) is 0. The molecule has 0 aliphatic rings. The van der Waals surface area contributed by atoms with Gasteiger partial charge in [-0.1, -0.05) is 88.6 Å². The molecule has 0 aliphatic carbocycles. The molecular weight excluding hydrogens is 348 g/mol. The van der Waals surface area contributed by atoms with Crippen molar-refractivity contribution in [2.45, 2.75) is 64.7 Å². The quantitative estimate of drug-likeness (QED) is 0.209. The number of benzene rings is 2. The van der Waals surface area contributed by atoms with Crippen LogP contribution in [0.4, 0.5) is 0 Å². The molecule has 0 atom stereocenters. The standard InChI is InChI=1S/C25H32O3/c1-2-3-4-5-6-7-8-9-13-20-28-23-18-16-22(17-19-23)25(27)24(26)21-14-11-10-12-15-21/h10-12,14-19H,2-9,13,20H2,1H3. The van der Waals surface area contributed by atoms with Crippen LogP contribution in [0, 0.1) is 0 Å². The fourth-order valence-corrected chi connectivity index (χ4v) is 3.16. The van der Waals surface area contributed by atoms with Gasteiger partial charge >= 0.3 is 0 Å². The Hall–Kier alpha value is -2.42. The molecular formula is C25H32O3. The van der Waals surface area contributed by atoms with E-state index in [0.29, 0.717) is 17.7 Å². The molecule has 0 N–H and O–H groups in total. The van der Waals surface area contributed by atoms with Crippen LogP contribution in [-0.4, -0.2) is 18.2 Å². The lowest BCUT2D eigenvalue weighted by Gasteiger charge is -2.07. The van der Waals surface area contributed by atoms with E-state index in [1.165, 1.54) is 51.4 Å². The Balaban J connectivity index is 1.65. The van der Waals surface area contributed by atoms with Crippen molar-refractivity contribution in [1.29, 1.82) is 0 Å².